The monoisotopic (exact) mass is 1160 g/mol. The predicted molar refractivity (Wildman–Crippen MR) is 334 cm³/mol. The predicted octanol–water partition coefficient (Wildman–Crippen LogP) is 16.3. The Balaban J connectivity index is 0.000000456. The summed E-state index contributed by atoms with van der Waals surface area (Å²) in [6, 6.07) is 0.424. The third-order valence-electron chi connectivity index (χ3n) is 10.7. The van der Waals surface area contributed by atoms with E-state index in [1.807, 2.05) is 72.6 Å². The van der Waals surface area contributed by atoms with Crippen LogP contribution < -0.4 is 0 Å². The first kappa shape index (κ1) is 72.7. The van der Waals surface area contributed by atoms with Crippen LogP contribution in [-0.4, -0.2) is 87.8 Å². The number of aliphatic imine (C=N–C) groups is 2. The first-order chi connectivity index (χ1) is 37.8. The highest BCUT2D eigenvalue weighted by atomic mass is 32.1. The summed E-state index contributed by atoms with van der Waals surface area (Å²) in [5.74, 6) is 10.3. The van der Waals surface area contributed by atoms with Crippen molar-refractivity contribution in [3.8, 4) is 0 Å². The Morgan fingerprint density at radius 2 is 1.25 bits per heavy atom. The van der Waals surface area contributed by atoms with Crippen molar-refractivity contribution in [2.75, 3.05) is 6.54 Å². The molecule has 0 atom stereocenters. The van der Waals surface area contributed by atoms with Crippen molar-refractivity contribution in [2.24, 2.45) is 23.0 Å². The number of aromatic nitrogens is 14. The number of aromatic amines is 1. The van der Waals surface area contributed by atoms with Gasteiger partial charge in [-0.05, 0) is 69.2 Å². The summed E-state index contributed by atoms with van der Waals surface area (Å²) in [6.45, 7) is 54.5. The maximum Gasteiger partial charge on any atom is 0.196 e. The molecule has 0 radical (unpaired) electrons. The molecule has 81 heavy (non-hydrogen) atoms. The van der Waals surface area contributed by atoms with Gasteiger partial charge in [-0.1, -0.05) is 121 Å². The maximum absolute atomic E-state index is 5.23. The molecule has 8 aromatic rings. The van der Waals surface area contributed by atoms with Crippen LogP contribution in [0, 0.1) is 54.4 Å². The molecule has 0 bridgehead atoms. The number of thiazole rings is 2. The summed E-state index contributed by atoms with van der Waals surface area (Å²) >= 11 is 3.53. The van der Waals surface area contributed by atoms with Crippen LogP contribution in [0.25, 0.3) is 0 Å². The molecule has 8 aromatic heterocycles. The molecule has 21 heteroatoms. The average Bonchev–Trinajstić information content (AvgIpc) is 4.22. The summed E-state index contributed by atoms with van der Waals surface area (Å²) in [5, 5.41) is 20.1. The van der Waals surface area contributed by atoms with E-state index in [4.69, 9.17) is 8.83 Å². The van der Waals surface area contributed by atoms with Crippen LogP contribution in [0.1, 0.15) is 257 Å². The van der Waals surface area contributed by atoms with Crippen molar-refractivity contribution in [1.82, 2.24) is 69.7 Å². The molecule has 0 fully saturated rings. The first-order valence-corrected chi connectivity index (χ1v) is 29.8. The van der Waals surface area contributed by atoms with Crippen molar-refractivity contribution < 1.29 is 13.5 Å². The van der Waals surface area contributed by atoms with E-state index in [9.17, 15) is 0 Å². The van der Waals surface area contributed by atoms with Gasteiger partial charge in [-0.15, -0.1) is 22.7 Å². The molecule has 450 valence electrons. The van der Waals surface area contributed by atoms with E-state index in [0.717, 1.165) is 81.6 Å². The minimum atomic E-state index is 0.402. The highest BCUT2D eigenvalue weighted by molar-refractivity contribution is 7.11. The average molecular weight is 1160 g/mol. The van der Waals surface area contributed by atoms with Gasteiger partial charge in [0.2, 0.25) is 0 Å². The van der Waals surface area contributed by atoms with E-state index in [1.165, 1.54) is 14.9 Å². The SMILES string of the molecule is CC(C)c1ncn(C)n1.CC1=NC(C(C)C)=NC1.Cc1cnc(C(C)C)[nH]1.Cc1cnc(C(C)C)o1.Cc1cnc(C(C)C)s1.Cc1coc(C(C)C)n1.Cc1csc(C(C)C)n1.Cc1ncnn1C(C)C.Cc1nonc1C(C)C. The van der Waals surface area contributed by atoms with Crippen LogP contribution in [0.5, 0.6) is 0 Å². The fraction of sp³-hybridized carbons (Fsp3) is 0.617. The lowest BCUT2D eigenvalue weighted by atomic mass is 10.1. The third kappa shape index (κ3) is 29.8. The van der Waals surface area contributed by atoms with Crippen LogP contribution >= 0.6 is 22.7 Å². The molecule has 1 aliphatic heterocycles. The van der Waals surface area contributed by atoms with E-state index in [-0.39, 0.29) is 0 Å². The molecule has 1 N–H and O–H groups in total. The van der Waals surface area contributed by atoms with E-state index >= 15 is 0 Å². The molecule has 0 unspecified atom stereocenters. The standard InChI is InChI=1S/2C7H12N2.2C7H11NO.2C7H11NS.2C6H11N3.C6H10N2O/c2*1-5(2)7-8-4-6(3)9-7;1-5(2)7-8-6(3)4-9-7;1-5(2)7-8-4-6(3)9-7;1-5(2)7-8-6(3)4-9-7;1-5(2)7-8-4-6(3)9-7;1-5(2)6-7-4-9(3)8-6;1-5(2)9-6(3)7-4-8-9;1-4(2)6-5(3)7-9-8-6/h5H,4H2,1-3H3;4-5H,1-3H3,(H,8,9);6*4-5H,1-3H3;4H,1-3H3. The lowest BCUT2D eigenvalue weighted by Gasteiger charge is -2.04. The van der Waals surface area contributed by atoms with Gasteiger partial charge >= 0.3 is 0 Å². The number of H-pyrrole nitrogens is 1. The number of hydrogen-bond acceptors (Lipinski definition) is 18. The van der Waals surface area contributed by atoms with Gasteiger partial charge in [-0.2, -0.15) is 10.2 Å². The lowest BCUT2D eigenvalue weighted by Crippen LogP contribution is -2.04. The van der Waals surface area contributed by atoms with Crippen molar-refractivity contribution in [1.29, 1.82) is 0 Å². The topological polar surface area (TPSA) is 232 Å². The largest absolute Gasteiger partial charge is 0.448 e. The van der Waals surface area contributed by atoms with Gasteiger partial charge in [0.25, 0.3) is 0 Å². The van der Waals surface area contributed by atoms with Gasteiger partial charge in [0.15, 0.2) is 17.6 Å². The van der Waals surface area contributed by atoms with E-state index in [1.54, 1.807) is 52.5 Å². The molecule has 0 aliphatic carbocycles. The van der Waals surface area contributed by atoms with Crippen LogP contribution in [-0.2, 0) is 7.05 Å². The van der Waals surface area contributed by atoms with Crippen LogP contribution in [0.2, 0.25) is 0 Å². The van der Waals surface area contributed by atoms with Crippen molar-refractivity contribution >= 4 is 34.2 Å². The Hall–Kier alpha value is -6.35. The molecule has 0 saturated heterocycles. The van der Waals surface area contributed by atoms with Crippen molar-refractivity contribution in [2.45, 2.75) is 227 Å². The second-order valence-corrected chi connectivity index (χ2v) is 24.5. The maximum atomic E-state index is 5.23. The van der Waals surface area contributed by atoms with Gasteiger partial charge in [0.05, 0.1) is 28.5 Å². The molecular weight excluding hydrogens is 1060 g/mol. The second kappa shape index (κ2) is 37.6. The molecule has 9 rings (SSSR count). The number of nitrogens with one attached hydrogen (secondary N) is 1. The van der Waals surface area contributed by atoms with E-state index < -0.39 is 0 Å². The normalized spacial score (nSPS) is 11.5. The van der Waals surface area contributed by atoms with E-state index in [2.05, 4.69) is 212 Å². The highest BCUT2D eigenvalue weighted by Crippen LogP contribution is 2.20. The smallest absolute Gasteiger partial charge is 0.196 e. The van der Waals surface area contributed by atoms with Gasteiger partial charge in [0.1, 0.15) is 53.6 Å². The van der Waals surface area contributed by atoms with E-state index in [0.29, 0.717) is 53.4 Å². The molecule has 0 aromatic carbocycles. The van der Waals surface area contributed by atoms with Gasteiger partial charge in [0, 0.05) is 100 Å². The quantitative estimate of drug-likeness (QED) is 0.142. The molecule has 1 aliphatic rings. The van der Waals surface area contributed by atoms with Crippen LogP contribution in [0.15, 0.2) is 66.3 Å². The van der Waals surface area contributed by atoms with Crippen molar-refractivity contribution in [3.05, 3.63) is 121 Å². The Kier molecular flexibility index (Phi) is 33.7. The van der Waals surface area contributed by atoms with Crippen LogP contribution in [0.3, 0.4) is 0 Å². The zero-order chi connectivity index (χ0) is 61.7. The number of imidazole rings is 1. The lowest BCUT2D eigenvalue weighted by molar-refractivity contribution is 0.300. The second-order valence-electron chi connectivity index (χ2n) is 22.3. The minimum Gasteiger partial charge on any atom is -0.448 e. The Morgan fingerprint density at radius 3 is 1.47 bits per heavy atom. The van der Waals surface area contributed by atoms with Crippen molar-refractivity contribution in [3.63, 3.8) is 0 Å². The fourth-order valence-corrected chi connectivity index (χ4v) is 7.84. The summed E-state index contributed by atoms with van der Waals surface area (Å²) in [4.78, 5) is 41.9. The number of amidine groups is 1. The third-order valence-corrected chi connectivity index (χ3v) is 13.2. The summed E-state index contributed by atoms with van der Waals surface area (Å²) in [7, 11) is 1.87. The molecule has 0 saturated carbocycles. The zero-order valence-corrected chi connectivity index (χ0v) is 55.8. The summed E-state index contributed by atoms with van der Waals surface area (Å²) in [5.41, 5.74) is 6.22. The van der Waals surface area contributed by atoms with Gasteiger partial charge in [-0.25, -0.2) is 49.2 Å². The number of nitrogens with zero attached hydrogens (tertiary/aromatic N) is 15. The highest BCUT2D eigenvalue weighted by Gasteiger charge is 2.10. The van der Waals surface area contributed by atoms with Gasteiger partial charge in [-0.3, -0.25) is 9.67 Å². The number of aryl methyl sites for hydroxylation is 8. The molecule has 9 heterocycles. The Morgan fingerprint density at radius 1 is 0.605 bits per heavy atom. The first-order valence-electron chi connectivity index (χ1n) is 28.1. The molecule has 19 nitrogen and oxygen atoms in total. The molecule has 0 spiro atoms. The number of oxazole rings is 2. The molecular formula is C60H100N16O3S2. The Bertz CT molecular complexity index is 2560. The summed E-state index contributed by atoms with van der Waals surface area (Å²) < 4.78 is 18.5. The number of hydrogen-bond donors (Lipinski definition) is 1. The Labute approximate surface area is 493 Å². The van der Waals surface area contributed by atoms with Gasteiger partial charge < -0.3 is 13.8 Å². The molecule has 0 amide bonds. The minimum absolute atomic E-state index is 0.402. The summed E-state index contributed by atoms with van der Waals surface area (Å²) in [6.07, 6.45) is 10.5. The zero-order valence-electron chi connectivity index (χ0n) is 54.2. The van der Waals surface area contributed by atoms with Crippen LogP contribution in [0.4, 0.5) is 0 Å². The number of rotatable bonds is 9. The fourth-order valence-electron chi connectivity index (χ4n) is 6.25.